The molecule has 1 amide bonds. The van der Waals surface area contributed by atoms with E-state index in [4.69, 9.17) is 14.5 Å². The van der Waals surface area contributed by atoms with Crippen LogP contribution in [-0.4, -0.2) is 54.4 Å². The van der Waals surface area contributed by atoms with Crippen LogP contribution in [0.2, 0.25) is 0 Å². The highest BCUT2D eigenvalue weighted by atomic mass is 32.1. The van der Waals surface area contributed by atoms with E-state index < -0.39 is 0 Å². The van der Waals surface area contributed by atoms with Crippen LogP contribution in [0.3, 0.4) is 0 Å². The van der Waals surface area contributed by atoms with Gasteiger partial charge in [-0.25, -0.2) is 9.97 Å². The Bertz CT molecular complexity index is 859. The minimum absolute atomic E-state index is 0.128. The SMILES string of the molecule is Cc1csc(NC(=O)c2cc(N3C[C@@H](C)O[C@@H](C)C3)nc3c2CCOCC3)n1. The fourth-order valence-electron chi connectivity index (χ4n) is 3.85. The van der Waals surface area contributed by atoms with Crippen molar-refractivity contribution in [2.45, 2.75) is 45.8 Å². The van der Waals surface area contributed by atoms with Crippen LogP contribution in [0.25, 0.3) is 0 Å². The number of aryl methyl sites for hydroxylation is 1. The summed E-state index contributed by atoms with van der Waals surface area (Å²) in [7, 11) is 0. The molecule has 0 bridgehead atoms. The van der Waals surface area contributed by atoms with Crippen molar-refractivity contribution >= 4 is 28.2 Å². The second kappa shape index (κ2) is 8.14. The number of rotatable bonds is 3. The molecule has 0 unspecified atom stereocenters. The van der Waals surface area contributed by atoms with Crippen LogP contribution >= 0.6 is 11.3 Å². The Morgan fingerprint density at radius 2 is 1.96 bits per heavy atom. The van der Waals surface area contributed by atoms with Gasteiger partial charge >= 0.3 is 0 Å². The Hall–Kier alpha value is -2.03. The minimum Gasteiger partial charge on any atom is -0.381 e. The number of ether oxygens (including phenoxy) is 2. The summed E-state index contributed by atoms with van der Waals surface area (Å²) in [4.78, 5) is 24.6. The number of fused-ring (bicyclic) bond motifs is 1. The normalized spacial score (nSPS) is 22.5. The van der Waals surface area contributed by atoms with Gasteiger partial charge in [0, 0.05) is 36.1 Å². The lowest BCUT2D eigenvalue weighted by molar-refractivity contribution is -0.00547. The number of hydrogen-bond acceptors (Lipinski definition) is 7. The first kappa shape index (κ1) is 19.3. The smallest absolute Gasteiger partial charge is 0.257 e. The van der Waals surface area contributed by atoms with E-state index in [0.29, 0.717) is 30.3 Å². The van der Waals surface area contributed by atoms with E-state index in [1.807, 2.05) is 18.4 Å². The highest BCUT2D eigenvalue weighted by Gasteiger charge is 2.27. The number of anilines is 2. The summed E-state index contributed by atoms with van der Waals surface area (Å²) in [5.41, 5.74) is 3.52. The van der Waals surface area contributed by atoms with Crippen molar-refractivity contribution in [1.82, 2.24) is 9.97 Å². The second-order valence-electron chi connectivity index (χ2n) is 7.48. The number of nitrogens with one attached hydrogen (secondary N) is 1. The van der Waals surface area contributed by atoms with E-state index in [1.165, 1.54) is 11.3 Å². The van der Waals surface area contributed by atoms with Gasteiger partial charge in [-0.3, -0.25) is 10.1 Å². The third kappa shape index (κ3) is 4.19. The van der Waals surface area contributed by atoms with Crippen LogP contribution in [0, 0.1) is 6.92 Å². The molecule has 0 aromatic carbocycles. The number of amides is 1. The minimum atomic E-state index is -0.134. The molecule has 1 fully saturated rings. The lowest BCUT2D eigenvalue weighted by Gasteiger charge is -2.36. The molecule has 7 nitrogen and oxygen atoms in total. The maximum absolute atomic E-state index is 13.1. The zero-order valence-electron chi connectivity index (χ0n) is 16.5. The number of nitrogens with zero attached hydrogens (tertiary/aromatic N) is 3. The summed E-state index contributed by atoms with van der Waals surface area (Å²) in [6, 6.07) is 1.92. The molecule has 150 valence electrons. The van der Waals surface area contributed by atoms with Gasteiger partial charge in [-0.2, -0.15) is 0 Å². The number of carbonyl (C=O) groups is 1. The first-order valence-corrected chi connectivity index (χ1v) is 10.6. The predicted molar refractivity (Wildman–Crippen MR) is 109 cm³/mol. The predicted octanol–water partition coefficient (Wildman–Crippen LogP) is 2.83. The van der Waals surface area contributed by atoms with Crippen molar-refractivity contribution in [3.63, 3.8) is 0 Å². The first-order valence-electron chi connectivity index (χ1n) is 9.74. The summed E-state index contributed by atoms with van der Waals surface area (Å²) in [5, 5.41) is 5.50. The van der Waals surface area contributed by atoms with Crippen molar-refractivity contribution in [2.24, 2.45) is 0 Å². The number of hydrogen-bond donors (Lipinski definition) is 1. The average molecular weight is 403 g/mol. The van der Waals surface area contributed by atoms with E-state index in [1.54, 1.807) is 0 Å². The lowest BCUT2D eigenvalue weighted by atomic mass is 10.0. The molecule has 4 rings (SSSR count). The molecule has 2 aliphatic heterocycles. The fraction of sp³-hybridized carbons (Fsp3) is 0.550. The van der Waals surface area contributed by atoms with E-state index >= 15 is 0 Å². The number of thiazole rings is 1. The maximum Gasteiger partial charge on any atom is 0.257 e. The van der Waals surface area contributed by atoms with Crippen LogP contribution in [0.5, 0.6) is 0 Å². The molecule has 28 heavy (non-hydrogen) atoms. The molecule has 1 saturated heterocycles. The summed E-state index contributed by atoms with van der Waals surface area (Å²) in [6.07, 6.45) is 1.67. The van der Waals surface area contributed by atoms with Gasteiger partial charge in [-0.1, -0.05) is 0 Å². The van der Waals surface area contributed by atoms with Crippen molar-refractivity contribution in [3.05, 3.63) is 34.0 Å². The van der Waals surface area contributed by atoms with Gasteiger partial charge in [0.1, 0.15) is 5.82 Å². The third-order valence-corrected chi connectivity index (χ3v) is 5.88. The maximum atomic E-state index is 13.1. The van der Waals surface area contributed by atoms with Gasteiger partial charge in [-0.05, 0) is 38.8 Å². The van der Waals surface area contributed by atoms with E-state index in [9.17, 15) is 4.79 Å². The standard InChI is InChI=1S/C20H26N4O3S/c1-12-11-28-20(21-12)23-19(25)16-8-18(24-9-13(2)27-14(3)10-24)22-17-5-7-26-6-4-15(16)17/h8,11,13-14H,4-7,9-10H2,1-3H3,(H,21,23,25)/t13-,14+. The average Bonchev–Trinajstić information content (AvgIpc) is 2.91. The number of morpholine rings is 1. The molecule has 1 N–H and O–H groups in total. The Morgan fingerprint density at radius 3 is 2.68 bits per heavy atom. The van der Waals surface area contributed by atoms with Gasteiger partial charge in [0.25, 0.3) is 5.91 Å². The molecule has 0 radical (unpaired) electrons. The van der Waals surface area contributed by atoms with E-state index in [2.05, 4.69) is 29.0 Å². The number of aromatic nitrogens is 2. The highest BCUT2D eigenvalue weighted by Crippen LogP contribution is 2.27. The lowest BCUT2D eigenvalue weighted by Crippen LogP contribution is -2.46. The fourth-order valence-corrected chi connectivity index (χ4v) is 4.53. The summed E-state index contributed by atoms with van der Waals surface area (Å²) in [5.74, 6) is 0.702. The topological polar surface area (TPSA) is 76.6 Å². The first-order chi connectivity index (χ1) is 13.5. The van der Waals surface area contributed by atoms with Crippen molar-refractivity contribution < 1.29 is 14.3 Å². The van der Waals surface area contributed by atoms with Crippen LogP contribution in [0.1, 0.15) is 41.2 Å². The summed E-state index contributed by atoms with van der Waals surface area (Å²) < 4.78 is 11.5. The van der Waals surface area contributed by atoms with Gasteiger partial charge in [0.2, 0.25) is 0 Å². The largest absolute Gasteiger partial charge is 0.381 e. The van der Waals surface area contributed by atoms with Crippen molar-refractivity contribution in [3.8, 4) is 0 Å². The second-order valence-corrected chi connectivity index (χ2v) is 8.33. The van der Waals surface area contributed by atoms with Crippen molar-refractivity contribution in [1.29, 1.82) is 0 Å². The summed E-state index contributed by atoms with van der Waals surface area (Å²) >= 11 is 1.44. The van der Waals surface area contributed by atoms with Crippen LogP contribution in [-0.2, 0) is 22.3 Å². The zero-order valence-corrected chi connectivity index (χ0v) is 17.3. The molecule has 2 atom stereocenters. The van der Waals surface area contributed by atoms with E-state index in [-0.39, 0.29) is 18.1 Å². The monoisotopic (exact) mass is 402 g/mol. The van der Waals surface area contributed by atoms with Crippen LogP contribution in [0.4, 0.5) is 10.9 Å². The Morgan fingerprint density at radius 1 is 1.21 bits per heavy atom. The quantitative estimate of drug-likeness (QED) is 0.851. The third-order valence-electron chi connectivity index (χ3n) is 5.00. The Balaban J connectivity index is 1.69. The van der Waals surface area contributed by atoms with Crippen LogP contribution < -0.4 is 10.2 Å². The van der Waals surface area contributed by atoms with Gasteiger partial charge in [0.15, 0.2) is 5.13 Å². The van der Waals surface area contributed by atoms with E-state index in [0.717, 1.165) is 42.3 Å². The highest BCUT2D eigenvalue weighted by molar-refractivity contribution is 7.13. The molecule has 0 aliphatic carbocycles. The molecule has 2 aromatic heterocycles. The molecular weight excluding hydrogens is 376 g/mol. The number of carbonyl (C=O) groups excluding carboxylic acids is 1. The zero-order chi connectivity index (χ0) is 19.7. The Kier molecular flexibility index (Phi) is 5.61. The summed E-state index contributed by atoms with van der Waals surface area (Å²) in [6.45, 7) is 8.82. The van der Waals surface area contributed by atoms with Crippen molar-refractivity contribution in [2.75, 3.05) is 36.5 Å². The van der Waals surface area contributed by atoms with Crippen LogP contribution in [0.15, 0.2) is 11.4 Å². The molecule has 2 aliphatic rings. The number of pyridine rings is 1. The molecule has 4 heterocycles. The molecule has 2 aromatic rings. The Labute approximate surface area is 169 Å². The molecule has 0 spiro atoms. The molecule has 0 saturated carbocycles. The van der Waals surface area contributed by atoms with Gasteiger partial charge in [-0.15, -0.1) is 11.3 Å². The van der Waals surface area contributed by atoms with Gasteiger partial charge in [0.05, 0.1) is 31.1 Å². The van der Waals surface area contributed by atoms with Gasteiger partial charge < -0.3 is 14.4 Å². The molecule has 8 heteroatoms. The molecular formula is C20H26N4O3S.